The normalized spacial score (nSPS) is 16.3. The number of benzene rings is 1. The third-order valence-corrected chi connectivity index (χ3v) is 6.44. The van der Waals surface area contributed by atoms with Gasteiger partial charge < -0.3 is 15.0 Å². The van der Waals surface area contributed by atoms with Crippen LogP contribution in [-0.2, 0) is 13.0 Å². The first-order valence-corrected chi connectivity index (χ1v) is 12.1. The molecule has 7 nitrogen and oxygen atoms in total. The smallest absolute Gasteiger partial charge is 0.178 e. The maximum atomic E-state index is 14.9. The number of hydrogen-bond acceptors (Lipinski definition) is 7. The SMILES string of the molecule is CC(C)N1CCOc2c(F)cc(-c3nc(Cc4ccc(CN5CCNCC5)cn4)ncc3F)cc21. The number of piperazine rings is 1. The maximum Gasteiger partial charge on any atom is 0.178 e. The van der Waals surface area contributed by atoms with E-state index in [9.17, 15) is 8.78 Å². The number of rotatable bonds is 6. The van der Waals surface area contributed by atoms with E-state index in [2.05, 4.69) is 36.1 Å². The summed E-state index contributed by atoms with van der Waals surface area (Å²) in [5, 5.41) is 3.35. The first kappa shape index (κ1) is 23.6. The fraction of sp³-hybridized carbons (Fsp3) is 0.423. The number of nitrogens with zero attached hydrogens (tertiary/aromatic N) is 5. The molecule has 2 aliphatic rings. The van der Waals surface area contributed by atoms with Crippen LogP contribution in [0.25, 0.3) is 11.3 Å². The molecule has 0 amide bonds. The molecule has 0 bridgehead atoms. The van der Waals surface area contributed by atoms with E-state index in [0.717, 1.165) is 50.2 Å². The predicted molar refractivity (Wildman–Crippen MR) is 131 cm³/mol. The van der Waals surface area contributed by atoms with E-state index >= 15 is 0 Å². The summed E-state index contributed by atoms with van der Waals surface area (Å²) in [6.45, 7) is 10.1. The Kier molecular flexibility index (Phi) is 6.88. The zero-order valence-electron chi connectivity index (χ0n) is 20.1. The highest BCUT2D eigenvalue weighted by Gasteiger charge is 2.25. The van der Waals surface area contributed by atoms with Crippen molar-refractivity contribution >= 4 is 5.69 Å². The van der Waals surface area contributed by atoms with Gasteiger partial charge in [-0.15, -0.1) is 0 Å². The highest BCUT2D eigenvalue weighted by molar-refractivity contribution is 5.72. The summed E-state index contributed by atoms with van der Waals surface area (Å²) in [6, 6.07) is 7.20. The predicted octanol–water partition coefficient (Wildman–Crippen LogP) is 3.42. The first-order valence-electron chi connectivity index (χ1n) is 12.1. The molecule has 0 radical (unpaired) electrons. The Bertz CT molecular complexity index is 1180. The fourth-order valence-corrected chi connectivity index (χ4v) is 4.61. The molecule has 0 atom stereocenters. The number of hydrogen-bond donors (Lipinski definition) is 1. The van der Waals surface area contributed by atoms with Crippen LogP contribution in [0.15, 0.2) is 36.7 Å². The second kappa shape index (κ2) is 10.2. The van der Waals surface area contributed by atoms with Crippen LogP contribution in [0.1, 0.15) is 30.9 Å². The molecule has 5 rings (SSSR count). The molecule has 2 aliphatic heterocycles. The summed E-state index contributed by atoms with van der Waals surface area (Å²) < 4.78 is 35.2. The van der Waals surface area contributed by atoms with Gasteiger partial charge in [0.15, 0.2) is 17.4 Å². The summed E-state index contributed by atoms with van der Waals surface area (Å²) in [6.07, 6.45) is 3.38. The van der Waals surface area contributed by atoms with Crippen molar-refractivity contribution in [1.82, 2.24) is 25.2 Å². The second-order valence-corrected chi connectivity index (χ2v) is 9.29. The van der Waals surface area contributed by atoms with E-state index in [1.165, 1.54) is 6.07 Å². The lowest BCUT2D eigenvalue weighted by atomic mass is 10.1. The van der Waals surface area contributed by atoms with E-state index in [1.807, 2.05) is 26.1 Å². The summed E-state index contributed by atoms with van der Waals surface area (Å²) >= 11 is 0. The zero-order valence-corrected chi connectivity index (χ0v) is 20.1. The van der Waals surface area contributed by atoms with E-state index in [4.69, 9.17) is 4.74 Å². The monoisotopic (exact) mass is 480 g/mol. The van der Waals surface area contributed by atoms with Crippen LogP contribution in [0.3, 0.4) is 0 Å². The third-order valence-electron chi connectivity index (χ3n) is 6.44. The van der Waals surface area contributed by atoms with E-state index < -0.39 is 11.6 Å². The number of fused-ring (bicyclic) bond motifs is 1. The molecular weight excluding hydrogens is 450 g/mol. The Morgan fingerprint density at radius 1 is 1.03 bits per heavy atom. The molecule has 0 saturated carbocycles. The van der Waals surface area contributed by atoms with Crippen molar-refractivity contribution in [2.75, 3.05) is 44.2 Å². The number of anilines is 1. The number of nitrogens with one attached hydrogen (secondary N) is 1. The lowest BCUT2D eigenvalue weighted by molar-refractivity contribution is 0.233. The Hall–Kier alpha value is -3.17. The van der Waals surface area contributed by atoms with Gasteiger partial charge in [-0.3, -0.25) is 9.88 Å². The van der Waals surface area contributed by atoms with Crippen molar-refractivity contribution in [2.45, 2.75) is 32.9 Å². The van der Waals surface area contributed by atoms with Crippen LogP contribution in [-0.4, -0.2) is 65.2 Å². The minimum Gasteiger partial charge on any atom is -0.486 e. The Balaban J connectivity index is 1.37. The molecule has 1 aromatic carbocycles. The standard InChI is InChI=1S/C26H30F2N6O/c1-17(2)34-9-10-35-26-21(27)11-19(12-23(26)34)25-22(28)15-31-24(32-25)13-20-4-3-18(14-30-20)16-33-7-5-29-6-8-33/h3-4,11-12,14-15,17,29H,5-10,13,16H2,1-2H3. The van der Waals surface area contributed by atoms with Gasteiger partial charge in [0.1, 0.15) is 18.1 Å². The summed E-state index contributed by atoms with van der Waals surface area (Å²) in [5.74, 6) is -0.489. The van der Waals surface area contributed by atoms with Crippen LogP contribution in [0.4, 0.5) is 14.5 Å². The lowest BCUT2D eigenvalue weighted by Crippen LogP contribution is -2.42. The topological polar surface area (TPSA) is 66.4 Å². The molecule has 1 saturated heterocycles. The zero-order chi connectivity index (χ0) is 24.4. The highest BCUT2D eigenvalue weighted by atomic mass is 19.1. The molecule has 1 N–H and O–H groups in total. The molecule has 0 unspecified atom stereocenters. The van der Waals surface area contributed by atoms with Gasteiger partial charge in [-0.05, 0) is 37.6 Å². The third kappa shape index (κ3) is 5.26. The van der Waals surface area contributed by atoms with Gasteiger partial charge >= 0.3 is 0 Å². The van der Waals surface area contributed by atoms with Crippen LogP contribution < -0.4 is 15.0 Å². The van der Waals surface area contributed by atoms with Gasteiger partial charge in [0, 0.05) is 56.2 Å². The van der Waals surface area contributed by atoms with Crippen molar-refractivity contribution in [3.63, 3.8) is 0 Å². The molecule has 35 heavy (non-hydrogen) atoms. The van der Waals surface area contributed by atoms with Gasteiger partial charge in [-0.2, -0.15) is 0 Å². The van der Waals surface area contributed by atoms with Crippen LogP contribution >= 0.6 is 0 Å². The van der Waals surface area contributed by atoms with Crippen molar-refractivity contribution in [3.8, 4) is 17.0 Å². The Morgan fingerprint density at radius 2 is 1.86 bits per heavy atom. The van der Waals surface area contributed by atoms with Crippen molar-refractivity contribution in [3.05, 3.63) is 65.4 Å². The average molecular weight is 481 g/mol. The van der Waals surface area contributed by atoms with Crippen molar-refractivity contribution in [1.29, 1.82) is 0 Å². The molecule has 184 valence electrons. The van der Waals surface area contributed by atoms with Crippen molar-refractivity contribution in [2.24, 2.45) is 0 Å². The van der Waals surface area contributed by atoms with Crippen molar-refractivity contribution < 1.29 is 13.5 Å². The molecule has 1 fully saturated rings. The summed E-state index contributed by atoms with van der Waals surface area (Å²) in [4.78, 5) is 17.6. The molecular formula is C26H30F2N6O. The quantitative estimate of drug-likeness (QED) is 0.580. The Morgan fingerprint density at radius 3 is 2.60 bits per heavy atom. The summed E-state index contributed by atoms with van der Waals surface area (Å²) in [7, 11) is 0. The van der Waals surface area contributed by atoms with Crippen LogP contribution in [0, 0.1) is 11.6 Å². The average Bonchev–Trinajstić information content (AvgIpc) is 2.86. The molecule has 2 aromatic heterocycles. The molecule has 0 spiro atoms. The van der Waals surface area contributed by atoms with E-state index in [1.54, 1.807) is 6.07 Å². The van der Waals surface area contributed by atoms with E-state index in [-0.39, 0.29) is 17.5 Å². The van der Waals surface area contributed by atoms with E-state index in [0.29, 0.717) is 36.6 Å². The van der Waals surface area contributed by atoms with Crippen LogP contribution in [0.5, 0.6) is 5.75 Å². The maximum absolute atomic E-state index is 14.9. The fourth-order valence-electron chi connectivity index (χ4n) is 4.61. The minimum absolute atomic E-state index is 0.0707. The number of aromatic nitrogens is 3. The molecule has 4 heterocycles. The summed E-state index contributed by atoms with van der Waals surface area (Å²) in [5.41, 5.74) is 2.99. The number of pyridine rings is 1. The molecule has 9 heteroatoms. The molecule has 3 aromatic rings. The van der Waals surface area contributed by atoms with Gasteiger partial charge in [-0.1, -0.05) is 6.07 Å². The number of halogens is 2. The number of ether oxygens (including phenoxy) is 1. The Labute approximate surface area is 204 Å². The van der Waals surface area contributed by atoms with Gasteiger partial charge in [-0.25, -0.2) is 18.7 Å². The lowest BCUT2D eigenvalue weighted by Gasteiger charge is -2.34. The second-order valence-electron chi connectivity index (χ2n) is 9.29. The van der Waals surface area contributed by atoms with Gasteiger partial charge in [0.2, 0.25) is 0 Å². The molecule has 0 aliphatic carbocycles. The largest absolute Gasteiger partial charge is 0.486 e. The first-order chi connectivity index (χ1) is 17.0. The highest BCUT2D eigenvalue weighted by Crippen LogP contribution is 2.39. The van der Waals surface area contributed by atoms with Crippen LogP contribution in [0.2, 0.25) is 0 Å². The minimum atomic E-state index is -0.597. The van der Waals surface area contributed by atoms with Gasteiger partial charge in [0.25, 0.3) is 0 Å². The van der Waals surface area contributed by atoms with Gasteiger partial charge in [0.05, 0.1) is 24.8 Å².